The van der Waals surface area contributed by atoms with Crippen LogP contribution in [-0.4, -0.2) is 49.6 Å². The summed E-state index contributed by atoms with van der Waals surface area (Å²) in [5.41, 5.74) is 1.17. The van der Waals surface area contributed by atoms with Crippen LogP contribution in [0.5, 0.6) is 5.75 Å². The van der Waals surface area contributed by atoms with Gasteiger partial charge in [0, 0.05) is 6.08 Å². The van der Waals surface area contributed by atoms with Gasteiger partial charge in [0.1, 0.15) is 5.75 Å². The Balaban J connectivity index is 2.94. The Hall–Kier alpha value is -2.34. The van der Waals surface area contributed by atoms with Gasteiger partial charge in [0.15, 0.2) is 0 Å². The van der Waals surface area contributed by atoms with Crippen molar-refractivity contribution in [2.45, 2.75) is 0 Å². The highest BCUT2D eigenvalue weighted by Crippen LogP contribution is 2.26. The van der Waals surface area contributed by atoms with Crippen LogP contribution in [0.15, 0.2) is 24.3 Å². The largest absolute Gasteiger partial charge is 0.495 e. The minimum Gasteiger partial charge on any atom is -0.495 e. The summed E-state index contributed by atoms with van der Waals surface area (Å²) in [6.07, 6.45) is 2.48. The molecule has 0 atom stereocenters. The minimum absolute atomic E-state index is 0.173. The summed E-state index contributed by atoms with van der Waals surface area (Å²) in [5.74, 6) is -0.684. The summed E-state index contributed by atoms with van der Waals surface area (Å²) >= 11 is 0. The maximum atomic E-state index is 11.7. The fraction of sp³-hybridized carbons (Fsp3) is 0.286. The minimum atomic E-state index is -1.03. The second kappa shape index (κ2) is 7.30. The molecule has 0 aliphatic rings. The Morgan fingerprint density at radius 2 is 2.10 bits per heavy atom. The first-order valence-corrected chi connectivity index (χ1v) is 5.96. The molecule has 2 N–H and O–H groups in total. The predicted molar refractivity (Wildman–Crippen MR) is 76.8 cm³/mol. The number of hydrogen-bond acceptors (Lipinski definition) is 4. The summed E-state index contributed by atoms with van der Waals surface area (Å²) in [7, 11) is 5.09. The quantitative estimate of drug-likeness (QED) is 0.767. The molecule has 0 unspecified atom stereocenters. The van der Waals surface area contributed by atoms with Crippen molar-refractivity contribution in [1.29, 1.82) is 0 Å². The Kier molecular flexibility index (Phi) is 5.74. The van der Waals surface area contributed by atoms with Gasteiger partial charge in [0.05, 0.1) is 19.3 Å². The molecule has 1 amide bonds. The highest BCUT2D eigenvalue weighted by Gasteiger charge is 2.08. The topological polar surface area (TPSA) is 78.9 Å². The summed E-state index contributed by atoms with van der Waals surface area (Å²) in [5, 5.41) is 11.3. The van der Waals surface area contributed by atoms with Crippen molar-refractivity contribution in [2.75, 3.05) is 33.1 Å². The third-order valence-electron chi connectivity index (χ3n) is 2.38. The van der Waals surface area contributed by atoms with Crippen molar-refractivity contribution < 1.29 is 19.4 Å². The van der Waals surface area contributed by atoms with Crippen LogP contribution in [-0.2, 0) is 9.59 Å². The molecule has 6 nitrogen and oxygen atoms in total. The van der Waals surface area contributed by atoms with Gasteiger partial charge in [0.2, 0.25) is 5.91 Å². The first-order chi connectivity index (χ1) is 9.42. The second-order valence-corrected chi connectivity index (χ2v) is 4.42. The number of nitrogens with zero attached hydrogens (tertiary/aromatic N) is 1. The highest BCUT2D eigenvalue weighted by molar-refractivity contribution is 5.94. The fourth-order valence-corrected chi connectivity index (χ4v) is 1.57. The maximum Gasteiger partial charge on any atom is 0.328 e. The number of methoxy groups -OCH3 is 1. The molecule has 108 valence electrons. The zero-order chi connectivity index (χ0) is 15.1. The van der Waals surface area contributed by atoms with E-state index in [2.05, 4.69) is 5.32 Å². The smallest absolute Gasteiger partial charge is 0.328 e. The highest BCUT2D eigenvalue weighted by atomic mass is 16.5. The van der Waals surface area contributed by atoms with E-state index >= 15 is 0 Å². The van der Waals surface area contributed by atoms with Gasteiger partial charge in [-0.05, 0) is 37.9 Å². The van der Waals surface area contributed by atoms with Gasteiger partial charge in [-0.1, -0.05) is 6.07 Å². The van der Waals surface area contributed by atoms with Gasteiger partial charge in [0.25, 0.3) is 0 Å². The molecule has 0 aliphatic heterocycles. The lowest BCUT2D eigenvalue weighted by molar-refractivity contribution is -0.131. The van der Waals surface area contributed by atoms with E-state index in [1.807, 2.05) is 0 Å². The van der Waals surface area contributed by atoms with E-state index in [9.17, 15) is 9.59 Å². The lowest BCUT2D eigenvalue weighted by Gasteiger charge is -2.13. The van der Waals surface area contributed by atoms with Crippen LogP contribution in [0.1, 0.15) is 5.56 Å². The molecule has 0 saturated carbocycles. The predicted octanol–water partition coefficient (Wildman–Crippen LogP) is 1.29. The zero-order valence-electron chi connectivity index (χ0n) is 11.7. The number of likely N-dealkylation sites (N-methyl/N-ethyl adjacent to an activating group) is 1. The number of rotatable bonds is 6. The summed E-state index contributed by atoms with van der Waals surface area (Å²) in [6.45, 7) is 0.248. The third kappa shape index (κ3) is 5.11. The van der Waals surface area contributed by atoms with Crippen molar-refractivity contribution in [3.63, 3.8) is 0 Å². The maximum absolute atomic E-state index is 11.7. The van der Waals surface area contributed by atoms with Crippen LogP contribution in [0.2, 0.25) is 0 Å². The van der Waals surface area contributed by atoms with Gasteiger partial charge in [-0.2, -0.15) is 0 Å². The van der Waals surface area contributed by atoms with Crippen molar-refractivity contribution in [1.82, 2.24) is 4.90 Å². The van der Waals surface area contributed by atoms with Gasteiger partial charge in [-0.25, -0.2) is 4.79 Å². The van der Waals surface area contributed by atoms with E-state index < -0.39 is 5.97 Å². The van der Waals surface area contributed by atoms with Crippen molar-refractivity contribution in [3.8, 4) is 5.75 Å². The number of nitrogens with one attached hydrogen (secondary N) is 1. The van der Waals surface area contributed by atoms with Gasteiger partial charge in [-0.3, -0.25) is 4.79 Å². The number of aliphatic carboxylic acids is 1. The molecular formula is C14H18N2O4. The second-order valence-electron chi connectivity index (χ2n) is 4.42. The van der Waals surface area contributed by atoms with Gasteiger partial charge < -0.3 is 20.1 Å². The van der Waals surface area contributed by atoms with Crippen LogP contribution in [0.4, 0.5) is 5.69 Å². The molecule has 0 saturated heterocycles. The van der Waals surface area contributed by atoms with Gasteiger partial charge >= 0.3 is 5.97 Å². The Morgan fingerprint density at radius 1 is 1.40 bits per heavy atom. The fourth-order valence-electron chi connectivity index (χ4n) is 1.57. The zero-order valence-corrected chi connectivity index (χ0v) is 11.7. The summed E-state index contributed by atoms with van der Waals surface area (Å²) in [4.78, 5) is 24.0. The molecule has 0 aromatic heterocycles. The number of benzene rings is 1. The van der Waals surface area contributed by atoms with Crippen molar-refractivity contribution in [2.24, 2.45) is 0 Å². The molecular weight excluding hydrogens is 260 g/mol. The van der Waals surface area contributed by atoms with Gasteiger partial charge in [-0.15, -0.1) is 0 Å². The average Bonchev–Trinajstić information content (AvgIpc) is 2.35. The molecule has 0 heterocycles. The molecule has 6 heteroatoms. The van der Waals surface area contributed by atoms with Crippen LogP contribution in [0.25, 0.3) is 6.08 Å². The Bertz CT molecular complexity index is 524. The molecule has 0 aliphatic carbocycles. The Morgan fingerprint density at radius 3 is 2.65 bits per heavy atom. The van der Waals surface area contributed by atoms with E-state index in [0.29, 0.717) is 17.0 Å². The first kappa shape index (κ1) is 15.7. The molecule has 1 aromatic carbocycles. The van der Waals surface area contributed by atoms with E-state index in [4.69, 9.17) is 9.84 Å². The monoisotopic (exact) mass is 278 g/mol. The lowest BCUT2D eigenvalue weighted by atomic mass is 10.1. The molecule has 0 bridgehead atoms. The van der Waals surface area contributed by atoms with Crippen molar-refractivity contribution in [3.05, 3.63) is 29.8 Å². The molecule has 0 radical (unpaired) electrons. The number of anilines is 1. The van der Waals surface area contributed by atoms with Crippen LogP contribution < -0.4 is 10.1 Å². The number of carboxylic acids is 1. The normalized spacial score (nSPS) is 10.8. The van der Waals surface area contributed by atoms with Crippen LogP contribution >= 0.6 is 0 Å². The molecule has 1 aromatic rings. The van der Waals surface area contributed by atoms with E-state index in [1.54, 1.807) is 37.2 Å². The molecule has 0 spiro atoms. The van der Waals surface area contributed by atoms with Crippen LogP contribution in [0.3, 0.4) is 0 Å². The van der Waals surface area contributed by atoms with E-state index in [1.165, 1.54) is 13.2 Å². The van der Waals surface area contributed by atoms with Crippen LogP contribution in [0, 0.1) is 0 Å². The summed E-state index contributed by atoms with van der Waals surface area (Å²) < 4.78 is 5.16. The number of hydrogen-bond donors (Lipinski definition) is 2. The number of ether oxygens (including phenoxy) is 1. The number of carbonyl (C=O) groups excluding carboxylic acids is 1. The summed E-state index contributed by atoms with van der Waals surface area (Å²) in [6, 6.07) is 5.04. The molecule has 20 heavy (non-hydrogen) atoms. The number of carboxylic acid groups (broad SMARTS) is 1. The number of amides is 1. The SMILES string of the molecule is COc1ccc(/C=C/C(=O)O)cc1NC(=O)CN(C)C. The standard InChI is InChI=1S/C14H18N2O4/c1-16(2)9-13(17)15-11-8-10(5-7-14(18)19)4-6-12(11)20-3/h4-8H,9H2,1-3H3,(H,15,17)(H,18,19)/b7-5+. The van der Waals surface area contributed by atoms with Crippen molar-refractivity contribution >= 4 is 23.6 Å². The van der Waals surface area contributed by atoms with E-state index in [-0.39, 0.29) is 12.5 Å². The average molecular weight is 278 g/mol. The lowest BCUT2D eigenvalue weighted by Crippen LogP contribution is -2.27. The first-order valence-electron chi connectivity index (χ1n) is 5.96. The third-order valence-corrected chi connectivity index (χ3v) is 2.38. The Labute approximate surface area is 117 Å². The number of carbonyl (C=O) groups is 2. The molecule has 1 rings (SSSR count). The van der Waals surface area contributed by atoms with E-state index in [0.717, 1.165) is 6.08 Å². The molecule has 0 fully saturated rings.